The molecule has 0 saturated heterocycles. The Kier molecular flexibility index (Phi) is 8.97. The summed E-state index contributed by atoms with van der Waals surface area (Å²) in [6, 6.07) is 3.73. The van der Waals surface area contributed by atoms with Gasteiger partial charge in [-0.25, -0.2) is 0 Å². The van der Waals surface area contributed by atoms with Gasteiger partial charge in [-0.3, -0.25) is 0 Å². The van der Waals surface area contributed by atoms with Crippen molar-refractivity contribution >= 4 is 0 Å². The predicted octanol–water partition coefficient (Wildman–Crippen LogP) is 8.17. The lowest BCUT2D eigenvalue weighted by molar-refractivity contribution is -0.462. The van der Waals surface area contributed by atoms with Crippen molar-refractivity contribution in [1.29, 1.82) is 0 Å². The van der Waals surface area contributed by atoms with Crippen molar-refractivity contribution in [2.75, 3.05) is 13.7 Å². The maximum Gasteiger partial charge on any atom is 0.460 e. The minimum Gasteiger partial charge on any atom is -0.494 e. The van der Waals surface area contributed by atoms with E-state index in [1.54, 1.807) is 0 Å². The van der Waals surface area contributed by atoms with Crippen LogP contribution in [0.5, 0.6) is 5.75 Å². The minimum atomic E-state index is -8.65. The number of rotatable bonds is 12. The van der Waals surface area contributed by atoms with Crippen LogP contribution in [0.15, 0.2) is 24.3 Å². The lowest BCUT2D eigenvalue weighted by Crippen LogP contribution is -2.74. The first-order valence-electron chi connectivity index (χ1n) is 9.68. The van der Waals surface area contributed by atoms with Crippen LogP contribution < -0.4 is 4.74 Å². The Morgan fingerprint density at radius 1 is 0.579 bits per heavy atom. The van der Waals surface area contributed by atoms with Crippen LogP contribution in [-0.2, 0) is 4.74 Å². The summed E-state index contributed by atoms with van der Waals surface area (Å²) in [6.07, 6.45) is -12.9. The Hall–Kier alpha value is -2.21. The van der Waals surface area contributed by atoms with E-state index in [0.717, 1.165) is 24.3 Å². The summed E-state index contributed by atoms with van der Waals surface area (Å²) in [6.45, 7) is 1.59. The fourth-order valence-corrected chi connectivity index (χ4v) is 2.84. The van der Waals surface area contributed by atoms with Crippen LogP contribution >= 0.6 is 0 Å². The Balaban J connectivity index is 3.52. The molecule has 0 amide bonds. The van der Waals surface area contributed by atoms with Gasteiger partial charge in [-0.05, 0) is 24.6 Å². The zero-order chi connectivity index (χ0) is 30.4. The molecule has 0 aromatic heterocycles. The second-order valence-electron chi connectivity index (χ2n) is 7.58. The number of alkyl halides is 17. The van der Waals surface area contributed by atoms with Crippen LogP contribution in [0, 0.1) is 0 Å². The predicted molar refractivity (Wildman–Crippen MR) is 92.7 cm³/mol. The van der Waals surface area contributed by atoms with Crippen molar-refractivity contribution in [3.63, 3.8) is 0 Å². The summed E-state index contributed by atoms with van der Waals surface area (Å²) in [5.74, 6) is -56.5. The van der Waals surface area contributed by atoms with Gasteiger partial charge in [-0.1, -0.05) is 12.1 Å². The van der Waals surface area contributed by atoms with E-state index >= 15 is 0 Å². The standard InChI is InChI=1S/C19H15F17O2/c1-3-38-10-6-4-9(5-7-10)11(37-2)8-12(20,21)13(22,23)14(24,25)15(26,27)16(28,29)17(30,31)18(32,33)19(34,35)36/h4-7,11H,3,8H2,1-2H3. The molecule has 1 rings (SSSR count). The van der Waals surface area contributed by atoms with Gasteiger partial charge in [0.15, 0.2) is 0 Å². The van der Waals surface area contributed by atoms with Crippen LogP contribution in [0.1, 0.15) is 25.0 Å². The summed E-state index contributed by atoms with van der Waals surface area (Å²) < 4.78 is 237. The third-order valence-corrected chi connectivity index (χ3v) is 5.08. The van der Waals surface area contributed by atoms with Gasteiger partial charge >= 0.3 is 47.6 Å². The van der Waals surface area contributed by atoms with Gasteiger partial charge in [0.05, 0.1) is 12.7 Å². The Bertz CT molecular complexity index is 938. The monoisotopic (exact) mass is 598 g/mol. The normalized spacial score (nSPS) is 16.0. The second kappa shape index (κ2) is 10.1. The van der Waals surface area contributed by atoms with Gasteiger partial charge in [0.25, 0.3) is 0 Å². The molecule has 0 N–H and O–H groups in total. The molecule has 1 aromatic rings. The molecule has 0 saturated carbocycles. The molecule has 1 atom stereocenters. The largest absolute Gasteiger partial charge is 0.494 e. The smallest absolute Gasteiger partial charge is 0.460 e. The number of methoxy groups -OCH3 is 1. The van der Waals surface area contributed by atoms with Gasteiger partial charge in [0, 0.05) is 13.5 Å². The molecule has 1 aromatic carbocycles. The molecule has 0 radical (unpaired) electrons. The average Bonchev–Trinajstić information content (AvgIpc) is 2.76. The molecule has 0 heterocycles. The molecular formula is C19H15F17O2. The van der Waals surface area contributed by atoms with E-state index in [1.165, 1.54) is 6.92 Å². The quantitative estimate of drug-likeness (QED) is 0.226. The first kappa shape index (κ1) is 33.8. The number of halogens is 17. The lowest BCUT2D eigenvalue weighted by atomic mass is 9.87. The molecule has 0 aliphatic rings. The van der Waals surface area contributed by atoms with E-state index in [2.05, 4.69) is 4.74 Å². The highest BCUT2D eigenvalue weighted by Crippen LogP contribution is 2.64. The molecule has 0 fully saturated rings. The summed E-state index contributed by atoms with van der Waals surface area (Å²) in [5, 5.41) is 0. The zero-order valence-electron chi connectivity index (χ0n) is 18.5. The number of ether oxygens (including phenoxy) is 2. The molecule has 0 bridgehead atoms. The van der Waals surface area contributed by atoms with Crippen molar-refractivity contribution in [2.45, 2.75) is 67.1 Å². The second-order valence-corrected chi connectivity index (χ2v) is 7.58. The Morgan fingerprint density at radius 3 is 1.29 bits per heavy atom. The van der Waals surface area contributed by atoms with Gasteiger partial charge in [-0.15, -0.1) is 0 Å². The minimum absolute atomic E-state index is 0.0631. The van der Waals surface area contributed by atoms with Crippen LogP contribution in [0.3, 0.4) is 0 Å². The van der Waals surface area contributed by atoms with Crippen molar-refractivity contribution in [2.24, 2.45) is 0 Å². The topological polar surface area (TPSA) is 18.5 Å². The van der Waals surface area contributed by atoms with E-state index in [4.69, 9.17) is 4.74 Å². The van der Waals surface area contributed by atoms with Crippen molar-refractivity contribution in [3.8, 4) is 5.75 Å². The van der Waals surface area contributed by atoms with Gasteiger partial charge < -0.3 is 9.47 Å². The summed E-state index contributed by atoms with van der Waals surface area (Å²) >= 11 is 0. The van der Waals surface area contributed by atoms with Gasteiger partial charge in [0.1, 0.15) is 5.75 Å². The Labute approximate surface area is 201 Å². The van der Waals surface area contributed by atoms with E-state index in [-0.39, 0.29) is 12.4 Å². The lowest BCUT2D eigenvalue weighted by Gasteiger charge is -2.43. The molecule has 38 heavy (non-hydrogen) atoms. The highest BCUT2D eigenvalue weighted by Gasteiger charge is 2.95. The maximum absolute atomic E-state index is 14.2. The summed E-state index contributed by atoms with van der Waals surface area (Å²) in [4.78, 5) is 0. The molecule has 222 valence electrons. The van der Waals surface area contributed by atoms with Crippen LogP contribution in [0.4, 0.5) is 74.6 Å². The molecule has 2 nitrogen and oxygen atoms in total. The average molecular weight is 598 g/mol. The number of hydrogen-bond acceptors (Lipinski definition) is 2. The number of benzene rings is 1. The van der Waals surface area contributed by atoms with E-state index in [0.29, 0.717) is 7.11 Å². The van der Waals surface area contributed by atoms with E-state index in [1.807, 2.05) is 0 Å². The van der Waals surface area contributed by atoms with Crippen LogP contribution in [0.2, 0.25) is 0 Å². The van der Waals surface area contributed by atoms with E-state index < -0.39 is 65.7 Å². The fraction of sp³-hybridized carbons (Fsp3) is 0.684. The molecule has 1 unspecified atom stereocenters. The molecule has 0 aliphatic carbocycles. The third-order valence-electron chi connectivity index (χ3n) is 5.08. The fourth-order valence-electron chi connectivity index (χ4n) is 2.84. The third kappa shape index (κ3) is 5.05. The van der Waals surface area contributed by atoms with Gasteiger partial charge in [0.2, 0.25) is 0 Å². The summed E-state index contributed by atoms with van der Waals surface area (Å²) in [5.41, 5.74) is -0.525. The summed E-state index contributed by atoms with van der Waals surface area (Å²) in [7, 11) is 0.524. The molecule has 19 heteroatoms. The maximum atomic E-state index is 14.2. The van der Waals surface area contributed by atoms with Gasteiger partial charge in [-0.2, -0.15) is 74.6 Å². The van der Waals surface area contributed by atoms with Crippen molar-refractivity contribution in [3.05, 3.63) is 29.8 Å². The van der Waals surface area contributed by atoms with Crippen LogP contribution in [-0.4, -0.2) is 61.4 Å². The molecule has 0 spiro atoms. The van der Waals surface area contributed by atoms with E-state index in [9.17, 15) is 74.6 Å². The molecule has 0 aliphatic heterocycles. The first-order valence-corrected chi connectivity index (χ1v) is 9.68. The van der Waals surface area contributed by atoms with Crippen molar-refractivity contribution < 1.29 is 84.1 Å². The Morgan fingerprint density at radius 2 is 0.947 bits per heavy atom. The number of hydrogen-bond donors (Lipinski definition) is 0. The van der Waals surface area contributed by atoms with Crippen molar-refractivity contribution in [1.82, 2.24) is 0 Å². The molecular weight excluding hydrogens is 583 g/mol. The SMILES string of the molecule is CCOc1ccc(C(CC(F)(F)C(F)(F)C(F)(F)C(F)(F)C(F)(F)C(F)(F)C(F)(F)C(F)(F)F)OC)cc1. The highest BCUT2D eigenvalue weighted by molar-refractivity contribution is 5.29. The first-order chi connectivity index (χ1) is 16.7. The zero-order valence-corrected chi connectivity index (χ0v) is 18.5. The highest BCUT2D eigenvalue weighted by atomic mass is 19.4. The van der Waals surface area contributed by atoms with Crippen LogP contribution in [0.25, 0.3) is 0 Å².